The quantitative estimate of drug-likeness (QED) is 0.487. The number of rotatable bonds is 10. The third kappa shape index (κ3) is 6.69. The van der Waals surface area contributed by atoms with Crippen LogP contribution in [0.5, 0.6) is 17.2 Å². The maximum atomic E-state index is 13.1. The van der Waals surface area contributed by atoms with E-state index in [2.05, 4.69) is 9.88 Å². The summed E-state index contributed by atoms with van der Waals surface area (Å²) >= 11 is 0. The summed E-state index contributed by atoms with van der Waals surface area (Å²) in [5.74, 6) is 1.50. The molecule has 182 valence electrons. The fourth-order valence-electron chi connectivity index (χ4n) is 3.84. The fourth-order valence-corrected chi connectivity index (χ4v) is 3.84. The average Bonchev–Trinajstić information content (AvgIpc) is 3.28. The number of imidazole rings is 1. The predicted octanol–water partition coefficient (Wildman–Crippen LogP) is 2.75. The summed E-state index contributed by atoms with van der Waals surface area (Å²) in [4.78, 5) is 6.16. The van der Waals surface area contributed by atoms with E-state index < -0.39 is 5.60 Å². The van der Waals surface area contributed by atoms with Crippen molar-refractivity contribution in [1.29, 1.82) is 0 Å². The lowest BCUT2D eigenvalue weighted by atomic mass is 10.1. The second-order valence-corrected chi connectivity index (χ2v) is 8.36. The van der Waals surface area contributed by atoms with Crippen LogP contribution in [-0.2, 0) is 17.8 Å². The summed E-state index contributed by atoms with van der Waals surface area (Å²) in [6.45, 7) is 3.51. The van der Waals surface area contributed by atoms with Crippen LogP contribution in [0.15, 0.2) is 61.2 Å². The van der Waals surface area contributed by atoms with E-state index in [0.717, 1.165) is 5.56 Å². The molecule has 0 saturated carbocycles. The zero-order valence-electron chi connectivity index (χ0n) is 19.2. The average molecular weight is 472 g/mol. The molecule has 0 amide bonds. The lowest BCUT2D eigenvalue weighted by Gasteiger charge is -2.30. The van der Waals surface area contributed by atoms with Crippen molar-refractivity contribution in [2.24, 2.45) is 0 Å². The lowest BCUT2D eigenvalue weighted by Crippen LogP contribution is -2.48. The van der Waals surface area contributed by atoms with Crippen molar-refractivity contribution in [2.75, 3.05) is 46.6 Å². The van der Waals surface area contributed by atoms with Crippen molar-refractivity contribution in [3.8, 4) is 17.2 Å². The number of aromatic nitrogens is 2. The molecule has 1 saturated heterocycles. The minimum Gasteiger partial charge on any atom is -0.493 e. The van der Waals surface area contributed by atoms with Gasteiger partial charge in [-0.2, -0.15) is 0 Å². The van der Waals surface area contributed by atoms with Crippen molar-refractivity contribution in [2.45, 2.75) is 18.7 Å². The third-order valence-electron chi connectivity index (χ3n) is 5.56. The predicted molar refractivity (Wildman–Crippen MR) is 124 cm³/mol. The molecule has 8 nitrogen and oxygen atoms in total. The summed E-state index contributed by atoms with van der Waals surface area (Å²) in [5.41, 5.74) is -0.163. The molecule has 0 unspecified atom stereocenters. The Labute approximate surface area is 198 Å². The molecule has 0 bridgehead atoms. The monoisotopic (exact) mass is 471 g/mol. The van der Waals surface area contributed by atoms with Crippen molar-refractivity contribution in [3.63, 3.8) is 0 Å². The molecule has 4 rings (SSSR count). The number of hydrogen-bond donors (Lipinski definition) is 1. The normalized spacial score (nSPS) is 18.9. The van der Waals surface area contributed by atoms with Crippen molar-refractivity contribution in [1.82, 2.24) is 14.5 Å². The minimum atomic E-state index is -1.19. The van der Waals surface area contributed by atoms with Gasteiger partial charge in [0, 0.05) is 32.0 Å². The number of β-amino-alcohol motifs (C(OH)–C–C–N with tert-alkyl or cyclic N) is 1. The van der Waals surface area contributed by atoms with Crippen LogP contribution in [0, 0.1) is 5.82 Å². The smallest absolute Gasteiger partial charge is 0.161 e. The van der Waals surface area contributed by atoms with Crippen molar-refractivity contribution >= 4 is 0 Å². The number of halogens is 1. The van der Waals surface area contributed by atoms with Crippen LogP contribution in [0.4, 0.5) is 4.39 Å². The SMILES string of the molecule is COc1ccc(CN2CCOC[C@@](O)(COc3ccc(F)cc3)C2)cc1OCCn1ccnc1. The van der Waals surface area contributed by atoms with Gasteiger partial charge in [0.2, 0.25) is 0 Å². The Balaban J connectivity index is 1.37. The summed E-state index contributed by atoms with van der Waals surface area (Å²) in [7, 11) is 1.62. The molecule has 0 aliphatic carbocycles. The number of benzene rings is 2. The van der Waals surface area contributed by atoms with Gasteiger partial charge in [-0.05, 0) is 42.0 Å². The standard InChI is InChI=1S/C25H30FN3O5/c1-31-23-7-2-20(14-24(23)33-13-11-28-9-8-27-19-28)15-29-10-12-32-17-25(30,16-29)18-34-22-5-3-21(26)4-6-22/h2-9,14,19,30H,10-13,15-18H2,1H3/t25-/m1/s1. The van der Waals surface area contributed by atoms with E-state index in [0.29, 0.717) is 56.6 Å². The van der Waals surface area contributed by atoms with Gasteiger partial charge >= 0.3 is 0 Å². The van der Waals surface area contributed by atoms with E-state index in [1.54, 1.807) is 31.8 Å². The summed E-state index contributed by atoms with van der Waals surface area (Å²) < 4.78 is 37.9. The van der Waals surface area contributed by atoms with Crippen LogP contribution in [0.25, 0.3) is 0 Å². The second kappa shape index (κ2) is 11.3. The van der Waals surface area contributed by atoms with Gasteiger partial charge in [-0.15, -0.1) is 0 Å². The van der Waals surface area contributed by atoms with Crippen molar-refractivity contribution in [3.05, 3.63) is 72.6 Å². The van der Waals surface area contributed by atoms with Crippen LogP contribution in [-0.4, -0.2) is 71.8 Å². The number of nitrogens with zero attached hydrogens (tertiary/aromatic N) is 3. The van der Waals surface area contributed by atoms with Gasteiger partial charge in [-0.3, -0.25) is 4.90 Å². The Morgan fingerprint density at radius 3 is 2.76 bits per heavy atom. The van der Waals surface area contributed by atoms with Gasteiger partial charge in [0.25, 0.3) is 0 Å². The Hall–Kier alpha value is -3.14. The first-order chi connectivity index (χ1) is 16.5. The summed E-state index contributed by atoms with van der Waals surface area (Å²) in [6, 6.07) is 11.6. The molecule has 9 heteroatoms. The maximum absolute atomic E-state index is 13.1. The van der Waals surface area contributed by atoms with Gasteiger partial charge in [0.05, 0.1) is 33.2 Å². The first-order valence-corrected chi connectivity index (χ1v) is 11.2. The van der Waals surface area contributed by atoms with E-state index in [1.165, 1.54) is 12.1 Å². The van der Waals surface area contributed by atoms with E-state index in [9.17, 15) is 9.50 Å². The molecule has 0 spiro atoms. The summed E-state index contributed by atoms with van der Waals surface area (Å²) in [6.07, 6.45) is 5.37. The highest BCUT2D eigenvalue weighted by molar-refractivity contribution is 5.43. The number of hydrogen-bond acceptors (Lipinski definition) is 7. The van der Waals surface area contributed by atoms with E-state index in [4.69, 9.17) is 18.9 Å². The molecule has 34 heavy (non-hydrogen) atoms. The molecule has 1 N–H and O–H groups in total. The van der Waals surface area contributed by atoms with Gasteiger partial charge in [-0.25, -0.2) is 9.37 Å². The van der Waals surface area contributed by atoms with E-state index in [1.807, 2.05) is 29.0 Å². The Morgan fingerprint density at radius 2 is 2.00 bits per heavy atom. The fraction of sp³-hybridized carbons (Fsp3) is 0.400. The molecule has 2 heterocycles. The molecular formula is C25H30FN3O5. The second-order valence-electron chi connectivity index (χ2n) is 8.36. The molecule has 2 aromatic carbocycles. The molecule has 1 atom stereocenters. The molecule has 1 aliphatic rings. The first-order valence-electron chi connectivity index (χ1n) is 11.2. The number of ether oxygens (including phenoxy) is 4. The third-order valence-corrected chi connectivity index (χ3v) is 5.56. The van der Waals surface area contributed by atoms with Crippen LogP contribution < -0.4 is 14.2 Å². The van der Waals surface area contributed by atoms with E-state index >= 15 is 0 Å². The zero-order chi connectivity index (χ0) is 23.8. The largest absolute Gasteiger partial charge is 0.493 e. The van der Waals surface area contributed by atoms with Gasteiger partial charge in [0.1, 0.15) is 30.4 Å². The lowest BCUT2D eigenvalue weighted by molar-refractivity contribution is -0.0646. The van der Waals surface area contributed by atoms with Crippen LogP contribution in [0.3, 0.4) is 0 Å². The summed E-state index contributed by atoms with van der Waals surface area (Å²) in [5, 5.41) is 11.1. The van der Waals surface area contributed by atoms with Gasteiger partial charge in [-0.1, -0.05) is 6.07 Å². The maximum Gasteiger partial charge on any atom is 0.161 e. The Bertz CT molecular complexity index is 1030. The zero-order valence-corrected chi connectivity index (χ0v) is 19.2. The molecular weight excluding hydrogens is 441 g/mol. The van der Waals surface area contributed by atoms with E-state index in [-0.39, 0.29) is 19.0 Å². The number of aliphatic hydroxyl groups is 1. The minimum absolute atomic E-state index is 0.0420. The topological polar surface area (TPSA) is 78.2 Å². The van der Waals surface area contributed by atoms with Crippen molar-refractivity contribution < 1.29 is 28.4 Å². The van der Waals surface area contributed by atoms with Crippen LogP contribution in [0.2, 0.25) is 0 Å². The molecule has 3 aromatic rings. The van der Waals surface area contributed by atoms with Crippen LogP contribution >= 0.6 is 0 Å². The van der Waals surface area contributed by atoms with Gasteiger partial charge < -0.3 is 28.6 Å². The van der Waals surface area contributed by atoms with Crippen LogP contribution in [0.1, 0.15) is 5.56 Å². The highest BCUT2D eigenvalue weighted by Crippen LogP contribution is 2.29. The highest BCUT2D eigenvalue weighted by atomic mass is 19.1. The first kappa shape index (κ1) is 24.0. The molecule has 1 aromatic heterocycles. The Morgan fingerprint density at radius 1 is 1.15 bits per heavy atom. The Kier molecular flexibility index (Phi) is 7.99. The number of methoxy groups -OCH3 is 1. The molecule has 1 aliphatic heterocycles. The molecule has 0 radical (unpaired) electrons. The van der Waals surface area contributed by atoms with Gasteiger partial charge in [0.15, 0.2) is 11.5 Å². The molecule has 1 fully saturated rings. The highest BCUT2D eigenvalue weighted by Gasteiger charge is 2.33.